The Morgan fingerprint density at radius 1 is 1.47 bits per heavy atom. The molecule has 0 aliphatic rings. The molecule has 0 radical (unpaired) electrons. The highest BCUT2D eigenvalue weighted by atomic mass is 32.2. The smallest absolute Gasteiger partial charge is 0.119 e. The lowest BCUT2D eigenvalue weighted by atomic mass is 10.2. The van der Waals surface area contributed by atoms with Crippen LogP contribution in [0.4, 0.5) is 0 Å². The summed E-state index contributed by atoms with van der Waals surface area (Å²) < 4.78 is 0. The number of aromatic nitrogens is 1. The average Bonchev–Trinajstić information content (AvgIpc) is 2.59. The molecule has 0 aliphatic carbocycles. The molecule has 7 heteroatoms. The lowest BCUT2D eigenvalue weighted by molar-refractivity contribution is -0.486. The van der Waals surface area contributed by atoms with Crippen LogP contribution in [0.5, 0.6) is 0 Å². The van der Waals surface area contributed by atoms with Gasteiger partial charge in [0.25, 0.3) is 0 Å². The monoisotopic (exact) mass is 278 g/mol. The van der Waals surface area contributed by atoms with E-state index in [1.54, 1.807) is 11.3 Å². The summed E-state index contributed by atoms with van der Waals surface area (Å²) in [7, 11) is 0. The predicted octanol–water partition coefficient (Wildman–Crippen LogP) is 2.82. The van der Waals surface area contributed by atoms with Gasteiger partial charge in [0.1, 0.15) is 5.94 Å². The van der Waals surface area contributed by atoms with E-state index in [4.69, 9.17) is 10.4 Å². The zero-order valence-corrected chi connectivity index (χ0v) is 11.8. The third-order valence-corrected chi connectivity index (χ3v) is 4.41. The molecule has 0 saturated carbocycles. The molecule has 0 aromatic carbocycles. The van der Waals surface area contributed by atoms with Crippen LogP contribution in [-0.4, -0.2) is 32.5 Å². The molecule has 1 rings (SSSR count). The van der Waals surface area contributed by atoms with Crippen LogP contribution in [0.15, 0.2) is 0 Å². The molecule has 5 nitrogen and oxygen atoms in total. The maximum Gasteiger partial charge on any atom is 0.119 e. The molecule has 0 saturated heterocycles. The van der Waals surface area contributed by atoms with Gasteiger partial charge < -0.3 is 0 Å². The Hall–Kier alpha value is -0.180. The van der Waals surface area contributed by atoms with Crippen LogP contribution in [0.1, 0.15) is 35.3 Å². The first-order valence-corrected chi connectivity index (χ1v) is 7.32. The minimum Gasteiger partial charge on any atom is -0.266 e. The standard InChI is InChI=1S/C10H18N2O3S2/c1-7(2)10-11-8(3)9(17-10)4-5-16-6-15-12(13)14/h7,13-14H,4-6H2,1-3H3. The minimum atomic E-state index is -0.262. The van der Waals surface area contributed by atoms with E-state index < -0.39 is 0 Å². The van der Waals surface area contributed by atoms with Crippen molar-refractivity contribution in [2.75, 3.05) is 11.7 Å². The van der Waals surface area contributed by atoms with Gasteiger partial charge in [0.2, 0.25) is 0 Å². The van der Waals surface area contributed by atoms with E-state index in [2.05, 4.69) is 23.7 Å². The molecule has 0 unspecified atom stereocenters. The van der Waals surface area contributed by atoms with Crippen LogP contribution in [0.2, 0.25) is 0 Å². The molecular formula is C10H18N2O3S2. The number of hydrogen-bond acceptors (Lipinski definition) is 7. The Bertz CT molecular complexity index is 342. The number of thioether (sulfide) groups is 1. The van der Waals surface area contributed by atoms with Crippen LogP contribution in [0.3, 0.4) is 0 Å². The van der Waals surface area contributed by atoms with Crippen molar-refractivity contribution in [2.24, 2.45) is 0 Å². The molecule has 2 N–H and O–H groups in total. The Morgan fingerprint density at radius 3 is 2.71 bits per heavy atom. The molecule has 0 bridgehead atoms. The number of aryl methyl sites for hydroxylation is 2. The fourth-order valence-electron chi connectivity index (χ4n) is 1.24. The van der Waals surface area contributed by atoms with E-state index in [9.17, 15) is 0 Å². The van der Waals surface area contributed by atoms with Crippen molar-refractivity contribution in [2.45, 2.75) is 33.1 Å². The first-order chi connectivity index (χ1) is 8.00. The van der Waals surface area contributed by atoms with E-state index in [0.29, 0.717) is 5.92 Å². The van der Waals surface area contributed by atoms with E-state index in [1.165, 1.54) is 21.6 Å². The fourth-order valence-corrected chi connectivity index (χ4v) is 3.07. The van der Waals surface area contributed by atoms with Crippen molar-refractivity contribution in [1.82, 2.24) is 10.4 Å². The summed E-state index contributed by atoms with van der Waals surface area (Å²) in [4.78, 5) is 10.3. The molecule has 0 atom stereocenters. The van der Waals surface area contributed by atoms with Gasteiger partial charge in [0.15, 0.2) is 0 Å². The molecule has 0 spiro atoms. The Labute approximate surface area is 109 Å². The van der Waals surface area contributed by atoms with Crippen molar-refractivity contribution in [3.63, 3.8) is 0 Å². The van der Waals surface area contributed by atoms with E-state index >= 15 is 0 Å². The van der Waals surface area contributed by atoms with Crippen LogP contribution in [0.25, 0.3) is 0 Å². The van der Waals surface area contributed by atoms with Gasteiger partial charge in [-0.2, -0.15) is 0 Å². The maximum absolute atomic E-state index is 8.32. The number of rotatable bonds is 7. The molecule has 17 heavy (non-hydrogen) atoms. The van der Waals surface area contributed by atoms with Gasteiger partial charge in [-0.1, -0.05) is 13.8 Å². The van der Waals surface area contributed by atoms with Crippen LogP contribution in [0, 0.1) is 6.92 Å². The summed E-state index contributed by atoms with van der Waals surface area (Å²) in [5.74, 6) is 1.57. The predicted molar refractivity (Wildman–Crippen MR) is 68.5 cm³/mol. The summed E-state index contributed by atoms with van der Waals surface area (Å²) >= 11 is 3.26. The summed E-state index contributed by atoms with van der Waals surface area (Å²) in [6.45, 7) is 6.31. The third-order valence-electron chi connectivity index (χ3n) is 2.13. The zero-order chi connectivity index (χ0) is 12.8. The molecule has 1 heterocycles. The van der Waals surface area contributed by atoms with Crippen molar-refractivity contribution in [3.8, 4) is 0 Å². The topological polar surface area (TPSA) is 65.8 Å². The van der Waals surface area contributed by atoms with E-state index in [0.717, 1.165) is 17.9 Å². The van der Waals surface area contributed by atoms with Gasteiger partial charge in [0, 0.05) is 16.5 Å². The third kappa shape index (κ3) is 5.33. The fraction of sp³-hybridized carbons (Fsp3) is 0.700. The van der Waals surface area contributed by atoms with Gasteiger partial charge in [-0.05, 0) is 13.3 Å². The van der Waals surface area contributed by atoms with Gasteiger partial charge >= 0.3 is 0 Å². The number of nitrogens with zero attached hydrogens (tertiary/aromatic N) is 2. The van der Waals surface area contributed by atoms with Crippen molar-refractivity contribution >= 4 is 23.1 Å². The largest absolute Gasteiger partial charge is 0.266 e. The lowest BCUT2D eigenvalue weighted by Gasteiger charge is -2.05. The normalized spacial score (nSPS) is 11.7. The highest BCUT2D eigenvalue weighted by Crippen LogP contribution is 2.25. The van der Waals surface area contributed by atoms with Crippen LogP contribution < -0.4 is 0 Å². The Morgan fingerprint density at radius 2 is 2.18 bits per heavy atom. The second-order valence-corrected chi connectivity index (χ2v) is 6.04. The van der Waals surface area contributed by atoms with Gasteiger partial charge in [-0.15, -0.1) is 23.1 Å². The quantitative estimate of drug-likeness (QED) is 0.454. The SMILES string of the molecule is Cc1nc(C(C)C)sc1CCSCON(O)O. The molecule has 98 valence electrons. The summed E-state index contributed by atoms with van der Waals surface area (Å²) in [6.07, 6.45) is 0.932. The number of thiazole rings is 1. The maximum atomic E-state index is 8.32. The first-order valence-electron chi connectivity index (χ1n) is 5.35. The van der Waals surface area contributed by atoms with Crippen LogP contribution >= 0.6 is 23.1 Å². The molecular weight excluding hydrogens is 260 g/mol. The second kappa shape index (κ2) is 7.30. The lowest BCUT2D eigenvalue weighted by Crippen LogP contribution is -2.13. The van der Waals surface area contributed by atoms with Crippen molar-refractivity contribution < 1.29 is 15.3 Å². The van der Waals surface area contributed by atoms with Crippen molar-refractivity contribution in [1.29, 1.82) is 0 Å². The molecule has 0 aliphatic heterocycles. The molecule has 0 fully saturated rings. The zero-order valence-electron chi connectivity index (χ0n) is 10.2. The second-order valence-electron chi connectivity index (χ2n) is 3.87. The van der Waals surface area contributed by atoms with Crippen molar-refractivity contribution in [3.05, 3.63) is 15.6 Å². The summed E-state index contributed by atoms with van der Waals surface area (Å²) in [5, 5.41) is 17.6. The van der Waals surface area contributed by atoms with Gasteiger partial charge in [-0.25, -0.2) is 9.82 Å². The van der Waals surface area contributed by atoms with Crippen LogP contribution in [-0.2, 0) is 11.3 Å². The molecule has 0 amide bonds. The summed E-state index contributed by atoms with van der Waals surface area (Å²) in [6, 6.07) is 0. The first kappa shape index (κ1) is 14.9. The van der Waals surface area contributed by atoms with E-state index in [-0.39, 0.29) is 11.3 Å². The molecule has 1 aromatic rings. The molecule has 1 aromatic heterocycles. The summed E-state index contributed by atoms with van der Waals surface area (Å²) in [5.41, 5.74) is 1.10. The Balaban J connectivity index is 2.31. The van der Waals surface area contributed by atoms with Gasteiger partial charge in [-0.3, -0.25) is 10.4 Å². The highest BCUT2D eigenvalue weighted by Gasteiger charge is 2.10. The number of hydrogen-bond donors (Lipinski definition) is 2. The average molecular weight is 278 g/mol. The Kier molecular flexibility index (Phi) is 6.39. The highest BCUT2D eigenvalue weighted by molar-refractivity contribution is 7.99. The minimum absolute atomic E-state index is 0.224. The van der Waals surface area contributed by atoms with Gasteiger partial charge in [0.05, 0.1) is 16.1 Å². The van der Waals surface area contributed by atoms with E-state index in [1.807, 2.05) is 6.92 Å².